The van der Waals surface area contributed by atoms with E-state index >= 15 is 0 Å². The molecule has 2 N–H and O–H groups in total. The van der Waals surface area contributed by atoms with E-state index < -0.39 is 0 Å². The van der Waals surface area contributed by atoms with E-state index in [2.05, 4.69) is 10.1 Å². The van der Waals surface area contributed by atoms with Crippen LogP contribution in [0.5, 0.6) is 0 Å². The van der Waals surface area contributed by atoms with Crippen LogP contribution in [0.15, 0.2) is 4.52 Å². The largest absolute Gasteiger partial charge is 0.385 e. The maximum Gasteiger partial charge on any atom is 0.228 e. The Kier molecular flexibility index (Phi) is 3.56. The number of aryl methyl sites for hydroxylation is 1. The van der Waals surface area contributed by atoms with E-state index in [4.69, 9.17) is 15.0 Å². The topological polar surface area (TPSA) is 74.2 Å². The van der Waals surface area contributed by atoms with E-state index in [0.717, 1.165) is 38.1 Å². The molecular formula is C11H19N3O2. The lowest BCUT2D eigenvalue weighted by atomic mass is 9.75. The van der Waals surface area contributed by atoms with Gasteiger partial charge >= 0.3 is 0 Å². The molecule has 1 heterocycles. The molecule has 16 heavy (non-hydrogen) atoms. The summed E-state index contributed by atoms with van der Waals surface area (Å²) in [4.78, 5) is 4.34. The van der Waals surface area contributed by atoms with Crippen molar-refractivity contribution in [2.45, 2.75) is 44.1 Å². The van der Waals surface area contributed by atoms with Gasteiger partial charge in [0.05, 0.1) is 0 Å². The summed E-state index contributed by atoms with van der Waals surface area (Å²) in [6.45, 7) is 0.727. The minimum atomic E-state index is -0.0870. The minimum absolute atomic E-state index is 0.0870. The zero-order valence-electron chi connectivity index (χ0n) is 9.74. The van der Waals surface area contributed by atoms with Crippen molar-refractivity contribution < 1.29 is 9.26 Å². The molecule has 1 saturated carbocycles. The van der Waals surface area contributed by atoms with Crippen LogP contribution >= 0.6 is 0 Å². The Morgan fingerprint density at radius 1 is 1.50 bits per heavy atom. The van der Waals surface area contributed by atoms with Gasteiger partial charge in [0.2, 0.25) is 5.89 Å². The Bertz CT molecular complexity index is 334. The molecule has 0 aromatic carbocycles. The van der Waals surface area contributed by atoms with Crippen molar-refractivity contribution in [2.24, 2.45) is 5.73 Å². The van der Waals surface area contributed by atoms with Gasteiger partial charge in [-0.1, -0.05) is 5.16 Å². The summed E-state index contributed by atoms with van der Waals surface area (Å²) in [7, 11) is 1.69. The molecule has 0 radical (unpaired) electrons. The highest BCUT2D eigenvalue weighted by molar-refractivity contribution is 5.00. The molecule has 90 valence electrons. The van der Waals surface area contributed by atoms with Crippen LogP contribution in [0.25, 0.3) is 0 Å². The average molecular weight is 225 g/mol. The van der Waals surface area contributed by atoms with Crippen LogP contribution in [-0.2, 0) is 17.6 Å². The zero-order valence-corrected chi connectivity index (χ0v) is 9.74. The van der Waals surface area contributed by atoms with Crippen molar-refractivity contribution in [3.05, 3.63) is 11.7 Å². The second kappa shape index (κ2) is 4.93. The van der Waals surface area contributed by atoms with Gasteiger partial charge in [-0.3, -0.25) is 0 Å². The third-order valence-corrected chi connectivity index (χ3v) is 3.11. The Hall–Kier alpha value is -0.940. The van der Waals surface area contributed by atoms with Crippen molar-refractivity contribution in [1.82, 2.24) is 10.1 Å². The van der Waals surface area contributed by atoms with Crippen LogP contribution in [0.1, 0.15) is 37.4 Å². The number of rotatable bonds is 6. The first-order valence-corrected chi connectivity index (χ1v) is 5.81. The van der Waals surface area contributed by atoms with Gasteiger partial charge in [-0.25, -0.2) is 0 Å². The third-order valence-electron chi connectivity index (χ3n) is 3.11. The molecule has 1 aliphatic rings. The molecule has 0 bridgehead atoms. The quantitative estimate of drug-likeness (QED) is 0.733. The van der Waals surface area contributed by atoms with E-state index in [1.807, 2.05) is 0 Å². The van der Waals surface area contributed by atoms with E-state index in [-0.39, 0.29) is 5.54 Å². The van der Waals surface area contributed by atoms with E-state index in [9.17, 15) is 0 Å². The van der Waals surface area contributed by atoms with Crippen LogP contribution in [0, 0.1) is 0 Å². The molecular weight excluding hydrogens is 206 g/mol. The van der Waals surface area contributed by atoms with Crippen molar-refractivity contribution in [3.8, 4) is 0 Å². The highest BCUT2D eigenvalue weighted by Crippen LogP contribution is 2.31. The first kappa shape index (κ1) is 11.5. The molecule has 2 rings (SSSR count). The smallest absolute Gasteiger partial charge is 0.228 e. The van der Waals surface area contributed by atoms with Gasteiger partial charge in [-0.2, -0.15) is 4.98 Å². The van der Waals surface area contributed by atoms with Gasteiger partial charge in [-0.05, 0) is 25.7 Å². The lowest BCUT2D eigenvalue weighted by Crippen LogP contribution is -2.48. The molecule has 1 aromatic heterocycles. The molecule has 1 fully saturated rings. The molecule has 0 unspecified atom stereocenters. The van der Waals surface area contributed by atoms with Crippen molar-refractivity contribution in [3.63, 3.8) is 0 Å². The fraction of sp³-hybridized carbons (Fsp3) is 0.818. The predicted octanol–water partition coefficient (Wildman–Crippen LogP) is 1.07. The summed E-state index contributed by atoms with van der Waals surface area (Å²) in [5, 5.41) is 3.93. The predicted molar refractivity (Wildman–Crippen MR) is 59.0 cm³/mol. The molecule has 0 amide bonds. The average Bonchev–Trinajstić information content (AvgIpc) is 2.64. The monoisotopic (exact) mass is 225 g/mol. The van der Waals surface area contributed by atoms with E-state index in [1.165, 1.54) is 6.42 Å². The van der Waals surface area contributed by atoms with Crippen molar-refractivity contribution >= 4 is 0 Å². The second-order valence-electron chi connectivity index (χ2n) is 4.59. The minimum Gasteiger partial charge on any atom is -0.385 e. The zero-order chi connectivity index (χ0) is 11.4. The second-order valence-corrected chi connectivity index (χ2v) is 4.59. The van der Waals surface area contributed by atoms with Crippen LogP contribution in [0.4, 0.5) is 0 Å². The Morgan fingerprint density at radius 3 is 2.94 bits per heavy atom. The summed E-state index contributed by atoms with van der Waals surface area (Å²) in [5.74, 6) is 1.43. The van der Waals surface area contributed by atoms with Gasteiger partial charge in [0.25, 0.3) is 0 Å². The number of nitrogens with two attached hydrogens (primary N) is 1. The summed E-state index contributed by atoms with van der Waals surface area (Å²) < 4.78 is 10.2. The molecule has 0 saturated heterocycles. The third kappa shape index (κ3) is 2.80. The normalized spacial score (nSPS) is 18.4. The van der Waals surface area contributed by atoms with Crippen LogP contribution < -0.4 is 5.73 Å². The van der Waals surface area contributed by atoms with Gasteiger partial charge < -0.3 is 15.0 Å². The fourth-order valence-electron chi connectivity index (χ4n) is 1.95. The Balaban J connectivity index is 1.82. The molecule has 0 atom stereocenters. The maximum atomic E-state index is 6.12. The van der Waals surface area contributed by atoms with Crippen molar-refractivity contribution in [2.75, 3.05) is 13.7 Å². The fourth-order valence-corrected chi connectivity index (χ4v) is 1.95. The van der Waals surface area contributed by atoms with Gasteiger partial charge in [0.15, 0.2) is 5.82 Å². The first-order valence-electron chi connectivity index (χ1n) is 5.81. The highest BCUT2D eigenvalue weighted by Gasteiger charge is 2.34. The van der Waals surface area contributed by atoms with E-state index in [0.29, 0.717) is 12.3 Å². The van der Waals surface area contributed by atoms with Crippen LogP contribution in [0.2, 0.25) is 0 Å². The van der Waals surface area contributed by atoms with Gasteiger partial charge in [0.1, 0.15) is 0 Å². The summed E-state index contributed by atoms with van der Waals surface area (Å²) >= 11 is 0. The molecule has 5 nitrogen and oxygen atoms in total. The Labute approximate surface area is 95.3 Å². The molecule has 1 aliphatic carbocycles. The summed E-state index contributed by atoms with van der Waals surface area (Å²) in [6, 6.07) is 0. The number of hydrogen-bond donors (Lipinski definition) is 1. The van der Waals surface area contributed by atoms with Crippen LogP contribution in [-0.4, -0.2) is 29.4 Å². The van der Waals surface area contributed by atoms with Crippen molar-refractivity contribution in [1.29, 1.82) is 0 Å². The number of hydrogen-bond acceptors (Lipinski definition) is 5. The lowest BCUT2D eigenvalue weighted by Gasteiger charge is -2.36. The molecule has 0 aliphatic heterocycles. The van der Waals surface area contributed by atoms with Gasteiger partial charge in [-0.15, -0.1) is 0 Å². The standard InChI is InChI=1S/C11H19N3O2/c1-15-7-2-4-9-13-10(16-14-9)8-11(12)5-3-6-11/h2-8,12H2,1H3. The number of aromatic nitrogens is 2. The summed E-state index contributed by atoms with van der Waals surface area (Å²) in [5.41, 5.74) is 6.03. The number of nitrogens with zero attached hydrogens (tertiary/aromatic N) is 2. The molecule has 1 aromatic rings. The Morgan fingerprint density at radius 2 is 2.31 bits per heavy atom. The SMILES string of the molecule is COCCCc1noc(CC2(N)CCC2)n1. The lowest BCUT2D eigenvalue weighted by molar-refractivity contribution is 0.194. The molecule has 5 heteroatoms. The van der Waals surface area contributed by atoms with Gasteiger partial charge in [0, 0.05) is 32.1 Å². The maximum absolute atomic E-state index is 6.12. The van der Waals surface area contributed by atoms with Crippen LogP contribution in [0.3, 0.4) is 0 Å². The van der Waals surface area contributed by atoms with E-state index in [1.54, 1.807) is 7.11 Å². The number of methoxy groups -OCH3 is 1. The summed E-state index contributed by atoms with van der Waals surface area (Å²) in [6.07, 6.45) is 5.77. The number of ether oxygens (including phenoxy) is 1. The molecule has 0 spiro atoms. The first-order chi connectivity index (χ1) is 7.72. The highest BCUT2D eigenvalue weighted by atomic mass is 16.5.